The summed E-state index contributed by atoms with van der Waals surface area (Å²) in [5, 5.41) is 0.617. The molecule has 0 aliphatic heterocycles. The lowest BCUT2D eigenvalue weighted by Crippen LogP contribution is -2.01. The van der Waals surface area contributed by atoms with Crippen molar-refractivity contribution in [2.75, 3.05) is 0 Å². The molecule has 2 rings (SSSR count). The minimum absolute atomic E-state index is 0.0301. The van der Waals surface area contributed by atoms with Crippen LogP contribution < -0.4 is 0 Å². The topological polar surface area (TPSA) is 29.4 Å². The van der Waals surface area contributed by atoms with E-state index < -0.39 is 0 Å². The first kappa shape index (κ1) is 13.5. The molecule has 0 aliphatic rings. The lowest BCUT2D eigenvalue weighted by Gasteiger charge is -2.05. The van der Waals surface area contributed by atoms with Gasteiger partial charge in [0.25, 0.3) is 0 Å². The molecule has 0 aromatic heterocycles. The van der Waals surface area contributed by atoms with Crippen LogP contribution in [0.5, 0.6) is 0 Å². The number of rotatable bonds is 4. The Hall–Kier alpha value is -1.93. The van der Waals surface area contributed by atoms with E-state index in [0.717, 1.165) is 5.56 Å². The predicted octanol–water partition coefficient (Wildman–Crippen LogP) is 4.35. The molecule has 0 spiro atoms. The van der Waals surface area contributed by atoms with Gasteiger partial charge in [-0.25, -0.2) is 0 Å². The number of aliphatic imine (C=N–C) groups is 1. The van der Waals surface area contributed by atoms with E-state index in [1.54, 1.807) is 24.3 Å². The van der Waals surface area contributed by atoms with Crippen molar-refractivity contribution >= 4 is 23.6 Å². The quantitative estimate of drug-likeness (QED) is 0.600. The van der Waals surface area contributed by atoms with Crippen LogP contribution in [0.4, 0.5) is 0 Å². The molecule has 96 valence electrons. The van der Waals surface area contributed by atoms with Gasteiger partial charge in [-0.2, -0.15) is 0 Å². The second-order valence-corrected chi connectivity index (χ2v) is 4.67. The van der Waals surface area contributed by atoms with E-state index >= 15 is 0 Å². The number of halogens is 1. The lowest BCUT2D eigenvalue weighted by atomic mass is 10.1. The molecular formula is C16H14ClNO. The summed E-state index contributed by atoms with van der Waals surface area (Å²) in [6.07, 6.45) is 1.38. The molecule has 0 heterocycles. The number of hydrogen-bond donors (Lipinski definition) is 0. The third-order valence-electron chi connectivity index (χ3n) is 2.83. The summed E-state index contributed by atoms with van der Waals surface area (Å²) in [7, 11) is 0. The van der Waals surface area contributed by atoms with Gasteiger partial charge in [-0.3, -0.25) is 9.79 Å². The molecule has 0 N–H and O–H groups in total. The van der Waals surface area contributed by atoms with Gasteiger partial charge in [-0.05, 0) is 36.8 Å². The molecule has 1 atom stereocenters. The van der Waals surface area contributed by atoms with E-state index in [0.29, 0.717) is 10.6 Å². The maximum absolute atomic E-state index is 11.9. The van der Waals surface area contributed by atoms with E-state index in [-0.39, 0.29) is 11.8 Å². The molecule has 0 radical (unpaired) electrons. The Morgan fingerprint density at radius 3 is 2.37 bits per heavy atom. The molecule has 2 nitrogen and oxygen atoms in total. The fourth-order valence-corrected chi connectivity index (χ4v) is 1.81. The van der Waals surface area contributed by atoms with Crippen molar-refractivity contribution in [1.82, 2.24) is 0 Å². The van der Waals surface area contributed by atoms with Crippen molar-refractivity contribution in [3.63, 3.8) is 0 Å². The van der Waals surface area contributed by atoms with Crippen molar-refractivity contribution < 1.29 is 4.79 Å². The fourth-order valence-electron chi connectivity index (χ4n) is 1.69. The van der Waals surface area contributed by atoms with Crippen LogP contribution in [-0.4, -0.2) is 12.0 Å². The largest absolute Gasteiger partial charge is 0.288 e. The Morgan fingerprint density at radius 1 is 1.11 bits per heavy atom. The van der Waals surface area contributed by atoms with Gasteiger partial charge in [-0.1, -0.05) is 41.9 Å². The summed E-state index contributed by atoms with van der Waals surface area (Å²) in [5.74, 6) is -0.112. The van der Waals surface area contributed by atoms with Crippen LogP contribution in [0.3, 0.4) is 0 Å². The average Bonchev–Trinajstić information content (AvgIpc) is 2.46. The van der Waals surface area contributed by atoms with Gasteiger partial charge in [0, 0.05) is 10.6 Å². The number of benzene rings is 2. The zero-order valence-electron chi connectivity index (χ0n) is 10.6. The molecule has 0 aliphatic carbocycles. The summed E-state index contributed by atoms with van der Waals surface area (Å²) in [4.78, 5) is 16.2. The second-order valence-electron chi connectivity index (χ2n) is 4.24. The number of ketones is 1. The highest BCUT2D eigenvalue weighted by molar-refractivity contribution is 6.36. The van der Waals surface area contributed by atoms with Gasteiger partial charge >= 0.3 is 0 Å². The molecule has 0 bridgehead atoms. The van der Waals surface area contributed by atoms with Crippen LogP contribution in [-0.2, 0) is 0 Å². The number of nitrogens with zero attached hydrogens (tertiary/aromatic N) is 1. The first-order valence-electron chi connectivity index (χ1n) is 6.05. The average molecular weight is 272 g/mol. The Balaban J connectivity index is 2.06. The van der Waals surface area contributed by atoms with E-state index in [9.17, 15) is 4.79 Å². The molecule has 0 fully saturated rings. The first-order valence-corrected chi connectivity index (χ1v) is 6.42. The molecule has 0 saturated heterocycles. The smallest absolute Gasteiger partial charge is 0.203 e. The molecule has 0 saturated carbocycles. The van der Waals surface area contributed by atoms with Crippen LogP contribution in [0.15, 0.2) is 59.6 Å². The Kier molecular flexibility index (Phi) is 4.48. The van der Waals surface area contributed by atoms with E-state index in [2.05, 4.69) is 4.99 Å². The third kappa shape index (κ3) is 3.76. The SMILES string of the molecule is CC(N=CC(=O)c1ccc(Cl)cc1)c1ccccc1. The van der Waals surface area contributed by atoms with Gasteiger partial charge in [0.15, 0.2) is 0 Å². The predicted molar refractivity (Wildman–Crippen MR) is 79.1 cm³/mol. The standard InChI is InChI=1S/C16H14ClNO/c1-12(13-5-3-2-4-6-13)18-11-16(19)14-7-9-15(17)10-8-14/h2-12H,1H3. The van der Waals surface area contributed by atoms with Crippen LogP contribution in [0.25, 0.3) is 0 Å². The highest BCUT2D eigenvalue weighted by Gasteiger charge is 2.05. The van der Waals surface area contributed by atoms with Crippen molar-refractivity contribution in [3.8, 4) is 0 Å². The lowest BCUT2D eigenvalue weighted by molar-refractivity contribution is 0.107. The maximum Gasteiger partial charge on any atom is 0.203 e. The summed E-state index contributed by atoms with van der Waals surface area (Å²) >= 11 is 5.78. The third-order valence-corrected chi connectivity index (χ3v) is 3.08. The normalized spacial score (nSPS) is 12.5. The number of carbonyl (C=O) groups excluding carboxylic acids is 1. The van der Waals surface area contributed by atoms with Crippen LogP contribution >= 0.6 is 11.6 Å². The molecule has 3 heteroatoms. The molecule has 2 aromatic carbocycles. The Bertz CT molecular complexity index is 575. The van der Waals surface area contributed by atoms with Gasteiger partial charge in [-0.15, -0.1) is 0 Å². The van der Waals surface area contributed by atoms with Crippen molar-refractivity contribution in [3.05, 3.63) is 70.7 Å². The van der Waals surface area contributed by atoms with E-state index in [4.69, 9.17) is 11.6 Å². The summed E-state index contributed by atoms with van der Waals surface area (Å²) in [5.41, 5.74) is 1.68. The van der Waals surface area contributed by atoms with Crippen LogP contribution in [0, 0.1) is 0 Å². The summed E-state index contributed by atoms with van der Waals surface area (Å²) in [6.45, 7) is 1.96. The number of hydrogen-bond acceptors (Lipinski definition) is 2. The van der Waals surface area contributed by atoms with Crippen molar-refractivity contribution in [2.45, 2.75) is 13.0 Å². The summed E-state index contributed by atoms with van der Waals surface area (Å²) < 4.78 is 0. The second kappa shape index (κ2) is 6.30. The fraction of sp³-hybridized carbons (Fsp3) is 0.125. The molecular weight excluding hydrogens is 258 g/mol. The molecule has 19 heavy (non-hydrogen) atoms. The van der Waals surface area contributed by atoms with E-state index in [1.165, 1.54) is 6.21 Å². The minimum Gasteiger partial charge on any atom is -0.288 e. The zero-order chi connectivity index (χ0) is 13.7. The van der Waals surface area contributed by atoms with E-state index in [1.807, 2.05) is 37.3 Å². The molecule has 0 amide bonds. The molecule has 1 unspecified atom stereocenters. The maximum atomic E-state index is 11.9. The number of Topliss-reactive ketones (excluding diaryl/α,β-unsaturated/α-hetero) is 1. The van der Waals surface area contributed by atoms with Crippen LogP contribution in [0.2, 0.25) is 5.02 Å². The first-order chi connectivity index (χ1) is 9.16. The van der Waals surface area contributed by atoms with Gasteiger partial charge in [0.05, 0.1) is 12.3 Å². The Morgan fingerprint density at radius 2 is 1.74 bits per heavy atom. The van der Waals surface area contributed by atoms with Gasteiger partial charge in [0.2, 0.25) is 5.78 Å². The van der Waals surface area contributed by atoms with Gasteiger partial charge < -0.3 is 0 Å². The number of carbonyl (C=O) groups is 1. The Labute approximate surface area is 117 Å². The van der Waals surface area contributed by atoms with Crippen LogP contribution in [0.1, 0.15) is 28.9 Å². The van der Waals surface area contributed by atoms with Crippen molar-refractivity contribution in [1.29, 1.82) is 0 Å². The monoisotopic (exact) mass is 271 g/mol. The van der Waals surface area contributed by atoms with Gasteiger partial charge in [0.1, 0.15) is 0 Å². The highest BCUT2D eigenvalue weighted by atomic mass is 35.5. The highest BCUT2D eigenvalue weighted by Crippen LogP contribution is 2.15. The molecule has 2 aromatic rings. The van der Waals surface area contributed by atoms with Crippen molar-refractivity contribution in [2.24, 2.45) is 4.99 Å². The minimum atomic E-state index is -0.112. The summed E-state index contributed by atoms with van der Waals surface area (Å²) in [6, 6.07) is 16.6. The zero-order valence-corrected chi connectivity index (χ0v) is 11.3.